The summed E-state index contributed by atoms with van der Waals surface area (Å²) >= 11 is 0. The zero-order chi connectivity index (χ0) is 49.5. The van der Waals surface area contributed by atoms with E-state index in [-0.39, 0.29) is 23.9 Å². The van der Waals surface area contributed by atoms with Crippen LogP contribution in [-0.2, 0) is 32.1 Å². The van der Waals surface area contributed by atoms with E-state index >= 15 is 0 Å². The van der Waals surface area contributed by atoms with Gasteiger partial charge in [-0.05, 0) is 76.6 Å². The third-order valence-electron chi connectivity index (χ3n) is 13.2. The van der Waals surface area contributed by atoms with Crippen molar-refractivity contribution in [2.24, 2.45) is 5.92 Å². The van der Waals surface area contributed by atoms with Crippen LogP contribution in [0.4, 0.5) is 0 Å². The predicted molar refractivity (Wildman–Crippen MR) is 276 cm³/mol. The molecular formula is C57H75N7O6. The van der Waals surface area contributed by atoms with Crippen molar-refractivity contribution >= 4 is 34.4 Å². The zero-order valence-electron chi connectivity index (χ0n) is 42.0. The highest BCUT2D eigenvalue weighted by atomic mass is 16.4. The highest BCUT2D eigenvalue weighted by Crippen LogP contribution is 2.29. The molecule has 0 bridgehead atoms. The van der Waals surface area contributed by atoms with Gasteiger partial charge in [0.15, 0.2) is 11.5 Å². The summed E-state index contributed by atoms with van der Waals surface area (Å²) in [5.74, 6) is 4.66. The molecule has 1 aliphatic rings. The van der Waals surface area contributed by atoms with Crippen LogP contribution in [0.3, 0.4) is 0 Å². The number of carbonyl (C=O) groups excluding carboxylic acids is 4. The molecule has 0 spiro atoms. The number of oxazole rings is 2. The van der Waals surface area contributed by atoms with Crippen molar-refractivity contribution in [2.45, 2.75) is 155 Å². The van der Waals surface area contributed by atoms with Crippen molar-refractivity contribution in [2.75, 3.05) is 20.1 Å². The minimum Gasteiger partial charge on any atom is -0.438 e. The van der Waals surface area contributed by atoms with Crippen molar-refractivity contribution in [3.8, 4) is 22.6 Å². The summed E-state index contributed by atoms with van der Waals surface area (Å²) in [7, 11) is 2.16. The number of hydrogen-bond donors (Lipinski definition) is 2. The number of piperidine rings is 1. The molecule has 4 heterocycles. The Kier molecular flexibility index (Phi) is 21.6. The first-order valence-corrected chi connectivity index (χ1v) is 25.9. The second-order valence-electron chi connectivity index (χ2n) is 18.7. The lowest BCUT2D eigenvalue weighted by molar-refractivity contribution is -0.123. The summed E-state index contributed by atoms with van der Waals surface area (Å²) in [6, 6.07) is 27.2. The SMILES string of the molecule is CCC(=O)CCCCC[C@H](NC(=O)CCC1CCCN(C)C1)c1ncc(-c2ccccc2)o1.CCC(=O)CCCCC[C@H](NC(=O)CCn1c(CC)nc2ccccc21)c1ncc(-c2ccccc2)o1. The van der Waals surface area contributed by atoms with Crippen LogP contribution in [0, 0.1) is 5.92 Å². The van der Waals surface area contributed by atoms with Gasteiger partial charge in [-0.3, -0.25) is 19.2 Å². The van der Waals surface area contributed by atoms with E-state index in [2.05, 4.69) is 44.0 Å². The molecule has 1 saturated heterocycles. The molecule has 2 amide bonds. The van der Waals surface area contributed by atoms with Crippen molar-refractivity contribution in [3.63, 3.8) is 0 Å². The number of imidazole rings is 1. The Morgan fingerprint density at radius 2 is 1.19 bits per heavy atom. The van der Waals surface area contributed by atoms with Gasteiger partial charge in [0, 0.05) is 69.2 Å². The first-order chi connectivity index (χ1) is 34.1. The third-order valence-corrected chi connectivity index (χ3v) is 13.2. The lowest BCUT2D eigenvalue weighted by atomic mass is 9.93. The normalized spacial score (nSPS) is 14.7. The van der Waals surface area contributed by atoms with Gasteiger partial charge in [0.05, 0.1) is 23.4 Å². The summed E-state index contributed by atoms with van der Waals surface area (Å²) in [5.41, 5.74) is 3.92. The predicted octanol–water partition coefficient (Wildman–Crippen LogP) is 12.0. The van der Waals surface area contributed by atoms with Crippen LogP contribution in [0.2, 0.25) is 0 Å². The number of ketones is 2. The standard InChI is InChI=1S/C30H36N4O3.C27H39N3O3/c1-3-23(35)15-9-6-10-17-25(30-31-21-27(37-30)22-13-7-5-8-14-22)33-29(36)19-20-34-26-18-12-11-16-24(26)32-28(34)4-2;1-3-23(31)14-8-5-9-15-24(27-28-19-25(33-27)22-12-6-4-7-13-22)29-26(32)17-16-21-11-10-18-30(2)20-21/h5,7-8,11-14,16,18,21,25H,3-4,6,9-10,15,17,19-20H2,1-2H3,(H,33,36);4,6-7,12-13,19,21,24H,3,5,8-11,14-18,20H2,1-2H3,(H,29,32)/t25-;21?,24-/m00/s1. The number of unbranched alkanes of at least 4 members (excludes halogenated alkanes) is 4. The van der Waals surface area contributed by atoms with E-state index in [1.807, 2.05) is 98.8 Å². The lowest BCUT2D eigenvalue weighted by Gasteiger charge is -2.29. The minimum atomic E-state index is -0.322. The summed E-state index contributed by atoms with van der Waals surface area (Å²) in [6.07, 6.45) is 17.8. The number of aromatic nitrogens is 4. The van der Waals surface area contributed by atoms with Crippen LogP contribution in [0.1, 0.15) is 160 Å². The van der Waals surface area contributed by atoms with Crippen molar-refractivity contribution in [1.29, 1.82) is 0 Å². The minimum absolute atomic E-state index is 0.0505. The Bertz CT molecular complexity index is 2510. The number of hydrogen-bond acceptors (Lipinski definition) is 10. The van der Waals surface area contributed by atoms with E-state index in [4.69, 9.17) is 13.8 Å². The van der Waals surface area contributed by atoms with Gasteiger partial charge in [-0.1, -0.05) is 119 Å². The van der Waals surface area contributed by atoms with Crippen molar-refractivity contribution in [1.82, 2.24) is 35.1 Å². The number of likely N-dealkylation sites (tertiary alicyclic amines) is 1. The summed E-state index contributed by atoms with van der Waals surface area (Å²) < 4.78 is 14.3. The average Bonchev–Trinajstić information content (AvgIpc) is 4.17. The second kappa shape index (κ2) is 28.5. The van der Waals surface area contributed by atoms with Crippen LogP contribution >= 0.6 is 0 Å². The van der Waals surface area contributed by atoms with Gasteiger partial charge in [0.25, 0.3) is 0 Å². The van der Waals surface area contributed by atoms with Gasteiger partial charge in [0.1, 0.15) is 29.5 Å². The first kappa shape index (κ1) is 53.1. The highest BCUT2D eigenvalue weighted by molar-refractivity contribution is 5.79. The Labute approximate surface area is 414 Å². The number of nitrogens with one attached hydrogen (secondary N) is 2. The Hall–Kier alpha value is -6.21. The molecule has 3 aromatic heterocycles. The maximum atomic E-state index is 13.1. The molecule has 3 atom stereocenters. The summed E-state index contributed by atoms with van der Waals surface area (Å²) in [4.78, 5) is 65.2. The van der Waals surface area contributed by atoms with E-state index in [9.17, 15) is 19.2 Å². The number of amides is 2. The third kappa shape index (κ3) is 16.7. The Morgan fingerprint density at radius 1 is 0.657 bits per heavy atom. The number of aryl methyl sites for hydroxylation is 2. The molecule has 0 saturated carbocycles. The fourth-order valence-corrected chi connectivity index (χ4v) is 9.17. The molecule has 0 radical (unpaired) electrons. The van der Waals surface area contributed by atoms with Crippen LogP contribution < -0.4 is 10.6 Å². The lowest BCUT2D eigenvalue weighted by Crippen LogP contribution is -2.33. The molecular weight excluding hydrogens is 879 g/mol. The number of para-hydroxylation sites is 2. The van der Waals surface area contributed by atoms with Crippen LogP contribution in [-0.4, -0.2) is 67.9 Å². The first-order valence-electron chi connectivity index (χ1n) is 25.9. The van der Waals surface area contributed by atoms with Gasteiger partial charge in [-0.15, -0.1) is 0 Å². The molecule has 13 heteroatoms. The van der Waals surface area contributed by atoms with E-state index < -0.39 is 0 Å². The van der Waals surface area contributed by atoms with Gasteiger partial charge in [0.2, 0.25) is 23.6 Å². The fraction of sp³-hybridized carbons (Fsp3) is 0.491. The number of rotatable bonds is 27. The molecule has 374 valence electrons. The average molecular weight is 954 g/mol. The number of carbonyl (C=O) groups is 4. The molecule has 13 nitrogen and oxygen atoms in total. The molecule has 2 N–H and O–H groups in total. The second-order valence-corrected chi connectivity index (χ2v) is 18.7. The van der Waals surface area contributed by atoms with E-state index in [1.54, 1.807) is 12.4 Å². The van der Waals surface area contributed by atoms with E-state index in [0.29, 0.717) is 92.3 Å². The monoisotopic (exact) mass is 954 g/mol. The molecule has 3 aromatic carbocycles. The molecule has 6 aromatic rings. The van der Waals surface area contributed by atoms with Gasteiger partial charge < -0.3 is 28.9 Å². The fourth-order valence-electron chi connectivity index (χ4n) is 9.17. The highest BCUT2D eigenvalue weighted by Gasteiger charge is 2.24. The van der Waals surface area contributed by atoms with Crippen LogP contribution in [0.15, 0.2) is 106 Å². The molecule has 1 fully saturated rings. The maximum Gasteiger partial charge on any atom is 0.222 e. The number of Topliss-reactive ketones (excluding diaryl/α,β-unsaturated/α-hetero) is 2. The molecule has 1 unspecified atom stereocenters. The molecule has 0 aliphatic carbocycles. The topological polar surface area (TPSA) is 165 Å². The van der Waals surface area contributed by atoms with E-state index in [0.717, 1.165) is 98.9 Å². The number of fused-ring (bicyclic) bond motifs is 1. The molecule has 70 heavy (non-hydrogen) atoms. The van der Waals surface area contributed by atoms with Crippen LogP contribution in [0.5, 0.6) is 0 Å². The van der Waals surface area contributed by atoms with Gasteiger partial charge >= 0.3 is 0 Å². The summed E-state index contributed by atoms with van der Waals surface area (Å²) in [5, 5.41) is 6.35. The Morgan fingerprint density at radius 3 is 1.71 bits per heavy atom. The summed E-state index contributed by atoms with van der Waals surface area (Å²) in [6.45, 7) is 8.68. The Balaban J connectivity index is 0.000000231. The van der Waals surface area contributed by atoms with E-state index in [1.165, 1.54) is 12.8 Å². The quantitative estimate of drug-likeness (QED) is 0.0475. The van der Waals surface area contributed by atoms with Crippen molar-refractivity contribution < 1.29 is 28.0 Å². The smallest absolute Gasteiger partial charge is 0.222 e. The number of nitrogens with zero attached hydrogens (tertiary/aromatic N) is 5. The van der Waals surface area contributed by atoms with Gasteiger partial charge in [-0.2, -0.15) is 0 Å². The van der Waals surface area contributed by atoms with Gasteiger partial charge in [-0.25, -0.2) is 15.0 Å². The zero-order valence-corrected chi connectivity index (χ0v) is 42.0. The largest absolute Gasteiger partial charge is 0.438 e. The molecule has 7 rings (SSSR count). The maximum absolute atomic E-state index is 13.1. The van der Waals surface area contributed by atoms with Crippen LogP contribution in [0.25, 0.3) is 33.7 Å². The van der Waals surface area contributed by atoms with Crippen molar-refractivity contribution in [3.05, 3.63) is 115 Å². The molecule has 1 aliphatic heterocycles. The number of benzene rings is 3.